The summed E-state index contributed by atoms with van der Waals surface area (Å²) in [5.74, 6) is 1.75. The zero-order valence-electron chi connectivity index (χ0n) is 16.3. The van der Waals surface area contributed by atoms with Crippen LogP contribution in [0.5, 0.6) is 11.5 Å². The maximum atomic E-state index is 12.6. The number of carbonyl (C=O) groups is 1. The molecule has 1 amide bonds. The van der Waals surface area contributed by atoms with Crippen molar-refractivity contribution in [3.8, 4) is 11.5 Å². The predicted molar refractivity (Wildman–Crippen MR) is 111 cm³/mol. The Bertz CT molecular complexity index is 739. The van der Waals surface area contributed by atoms with Gasteiger partial charge >= 0.3 is 0 Å². The van der Waals surface area contributed by atoms with E-state index in [0.29, 0.717) is 35.6 Å². The zero-order valence-corrected chi connectivity index (χ0v) is 17.1. The Morgan fingerprint density at radius 3 is 2.70 bits per heavy atom. The minimum Gasteiger partial charge on any atom is -0.490 e. The zero-order chi connectivity index (χ0) is 19.4. The Morgan fingerprint density at radius 1 is 1.30 bits per heavy atom. The molecule has 1 aliphatic heterocycles. The molecule has 1 aliphatic carbocycles. The van der Waals surface area contributed by atoms with Crippen LogP contribution >= 0.6 is 12.2 Å². The molecule has 0 radical (unpaired) electrons. The van der Waals surface area contributed by atoms with Gasteiger partial charge in [0.25, 0.3) is 5.91 Å². The van der Waals surface area contributed by atoms with E-state index < -0.39 is 0 Å². The van der Waals surface area contributed by atoms with Crippen LogP contribution in [-0.4, -0.2) is 35.2 Å². The van der Waals surface area contributed by atoms with Gasteiger partial charge in [-0.2, -0.15) is 0 Å². The molecule has 1 aromatic carbocycles. The number of thiocarbonyl (C=S) groups is 1. The lowest BCUT2D eigenvalue weighted by molar-refractivity contribution is -0.122. The number of amides is 1. The van der Waals surface area contributed by atoms with Crippen LogP contribution in [0.3, 0.4) is 0 Å². The fourth-order valence-corrected chi connectivity index (χ4v) is 3.70. The van der Waals surface area contributed by atoms with Crippen LogP contribution in [0.25, 0.3) is 6.08 Å². The lowest BCUT2D eigenvalue weighted by Gasteiger charge is -2.17. The van der Waals surface area contributed by atoms with Gasteiger partial charge in [0, 0.05) is 6.54 Å². The molecular formula is C21H28N2O3S. The molecule has 0 atom stereocenters. The van der Waals surface area contributed by atoms with E-state index in [-0.39, 0.29) is 12.0 Å². The number of rotatable bonds is 7. The largest absolute Gasteiger partial charge is 0.490 e. The highest BCUT2D eigenvalue weighted by molar-refractivity contribution is 7.80. The monoisotopic (exact) mass is 388 g/mol. The molecule has 0 unspecified atom stereocenters. The average molecular weight is 389 g/mol. The second kappa shape index (κ2) is 8.74. The van der Waals surface area contributed by atoms with Crippen molar-refractivity contribution in [3.05, 3.63) is 29.5 Å². The van der Waals surface area contributed by atoms with Crippen LogP contribution in [0.4, 0.5) is 0 Å². The second-order valence-electron chi connectivity index (χ2n) is 7.46. The molecule has 6 heteroatoms. The lowest BCUT2D eigenvalue weighted by atomic mass is 10.1. The summed E-state index contributed by atoms with van der Waals surface area (Å²) in [5.41, 5.74) is 1.37. The highest BCUT2D eigenvalue weighted by Gasteiger charge is 2.30. The van der Waals surface area contributed by atoms with E-state index in [1.54, 1.807) is 4.90 Å². The molecule has 2 fully saturated rings. The molecule has 1 N–H and O–H groups in total. The number of ether oxygens (including phenoxy) is 2. The maximum Gasteiger partial charge on any atom is 0.276 e. The average Bonchev–Trinajstić information content (AvgIpc) is 3.21. The summed E-state index contributed by atoms with van der Waals surface area (Å²) < 4.78 is 11.9. The Hall–Kier alpha value is -2.08. The first-order chi connectivity index (χ1) is 13.0. The topological polar surface area (TPSA) is 50.8 Å². The van der Waals surface area contributed by atoms with Crippen LogP contribution in [-0.2, 0) is 4.79 Å². The number of nitrogens with one attached hydrogen (secondary N) is 1. The van der Waals surface area contributed by atoms with Crippen molar-refractivity contribution >= 4 is 29.3 Å². The summed E-state index contributed by atoms with van der Waals surface area (Å²) in [5, 5.41) is 3.49. The van der Waals surface area contributed by atoms with Gasteiger partial charge in [-0.15, -0.1) is 0 Å². The normalized spacial score (nSPS) is 19.3. The molecule has 0 bridgehead atoms. The van der Waals surface area contributed by atoms with Gasteiger partial charge in [0.1, 0.15) is 5.70 Å². The Balaban J connectivity index is 1.80. The maximum absolute atomic E-state index is 12.6. The third-order valence-electron chi connectivity index (χ3n) is 4.68. The van der Waals surface area contributed by atoms with Crippen LogP contribution in [0, 0.1) is 5.92 Å². The molecule has 3 rings (SSSR count). The molecule has 0 aromatic heterocycles. The van der Waals surface area contributed by atoms with E-state index in [4.69, 9.17) is 21.7 Å². The quantitative estimate of drug-likeness (QED) is 0.562. The third-order valence-corrected chi connectivity index (χ3v) is 5.01. The van der Waals surface area contributed by atoms with Crippen LogP contribution in [0.1, 0.15) is 52.0 Å². The standard InChI is InChI=1S/C21H28N2O3S/c1-4-25-19-12-15(9-10-18(19)26-16-7-5-6-8-16)11-17-20(24)23(13-14(2)3)21(27)22-17/h9-12,14,16H,4-8,13H2,1-3H3,(H,22,27)/b17-11+. The van der Waals surface area contributed by atoms with Gasteiger partial charge in [-0.25, -0.2) is 0 Å². The van der Waals surface area contributed by atoms with E-state index in [9.17, 15) is 4.79 Å². The van der Waals surface area contributed by atoms with Crippen molar-refractivity contribution in [1.29, 1.82) is 0 Å². The lowest BCUT2D eigenvalue weighted by Crippen LogP contribution is -2.33. The van der Waals surface area contributed by atoms with Crippen molar-refractivity contribution in [2.45, 2.75) is 52.6 Å². The van der Waals surface area contributed by atoms with Gasteiger partial charge in [-0.3, -0.25) is 9.69 Å². The predicted octanol–water partition coefficient (Wildman–Crippen LogP) is 4.12. The molecular weight excluding hydrogens is 360 g/mol. The molecule has 1 saturated carbocycles. The number of nitrogens with zero attached hydrogens (tertiary/aromatic N) is 1. The van der Waals surface area contributed by atoms with Crippen molar-refractivity contribution in [1.82, 2.24) is 10.2 Å². The highest BCUT2D eigenvalue weighted by Crippen LogP contribution is 2.33. The summed E-state index contributed by atoms with van der Waals surface area (Å²) in [6.45, 7) is 7.25. The van der Waals surface area contributed by atoms with Crippen molar-refractivity contribution in [2.75, 3.05) is 13.2 Å². The minimum absolute atomic E-state index is 0.0852. The van der Waals surface area contributed by atoms with E-state index in [0.717, 1.165) is 24.2 Å². The van der Waals surface area contributed by atoms with Gasteiger partial charge in [0.15, 0.2) is 16.6 Å². The fourth-order valence-electron chi connectivity index (χ4n) is 3.44. The smallest absolute Gasteiger partial charge is 0.276 e. The molecule has 1 heterocycles. The highest BCUT2D eigenvalue weighted by atomic mass is 32.1. The minimum atomic E-state index is -0.0852. The van der Waals surface area contributed by atoms with E-state index in [1.807, 2.05) is 31.2 Å². The molecule has 146 valence electrons. The van der Waals surface area contributed by atoms with Crippen LogP contribution in [0.2, 0.25) is 0 Å². The summed E-state index contributed by atoms with van der Waals surface area (Å²) >= 11 is 5.31. The summed E-state index contributed by atoms with van der Waals surface area (Å²) in [4.78, 5) is 14.2. The van der Waals surface area contributed by atoms with Gasteiger partial charge in [-0.05, 0) is 74.5 Å². The van der Waals surface area contributed by atoms with E-state index in [1.165, 1.54) is 12.8 Å². The van der Waals surface area contributed by atoms with Crippen molar-refractivity contribution in [2.24, 2.45) is 5.92 Å². The molecule has 2 aliphatic rings. The molecule has 27 heavy (non-hydrogen) atoms. The number of hydrogen-bond donors (Lipinski definition) is 1. The number of hydrogen-bond acceptors (Lipinski definition) is 4. The first kappa shape index (κ1) is 19.7. The molecule has 1 aromatic rings. The third kappa shape index (κ3) is 4.80. The van der Waals surface area contributed by atoms with Crippen molar-refractivity contribution < 1.29 is 14.3 Å². The van der Waals surface area contributed by atoms with Gasteiger partial charge in [0.2, 0.25) is 0 Å². The fraction of sp³-hybridized carbons (Fsp3) is 0.524. The van der Waals surface area contributed by atoms with Gasteiger partial charge in [0.05, 0.1) is 12.7 Å². The van der Waals surface area contributed by atoms with Gasteiger partial charge < -0.3 is 14.8 Å². The molecule has 5 nitrogen and oxygen atoms in total. The number of benzene rings is 1. The van der Waals surface area contributed by atoms with Crippen LogP contribution in [0.15, 0.2) is 23.9 Å². The first-order valence-electron chi connectivity index (χ1n) is 9.76. The molecule has 1 saturated heterocycles. The van der Waals surface area contributed by atoms with Gasteiger partial charge in [-0.1, -0.05) is 19.9 Å². The Labute approximate surface area is 166 Å². The summed E-state index contributed by atoms with van der Waals surface area (Å²) in [6.07, 6.45) is 6.72. The second-order valence-corrected chi connectivity index (χ2v) is 7.85. The van der Waals surface area contributed by atoms with Crippen molar-refractivity contribution in [3.63, 3.8) is 0 Å². The number of carbonyl (C=O) groups excluding carboxylic acids is 1. The molecule has 0 spiro atoms. The summed E-state index contributed by atoms with van der Waals surface area (Å²) in [6, 6.07) is 5.80. The van der Waals surface area contributed by atoms with E-state index in [2.05, 4.69) is 19.2 Å². The Kier molecular flexibility index (Phi) is 6.37. The van der Waals surface area contributed by atoms with E-state index >= 15 is 0 Å². The summed E-state index contributed by atoms with van der Waals surface area (Å²) in [7, 11) is 0. The first-order valence-corrected chi connectivity index (χ1v) is 10.2. The van der Waals surface area contributed by atoms with Crippen LogP contribution < -0.4 is 14.8 Å². The Morgan fingerprint density at radius 2 is 2.04 bits per heavy atom. The SMILES string of the molecule is CCOc1cc(/C=C2/NC(=S)N(CC(C)C)C2=O)ccc1OC1CCCC1.